The number of halogens is 1. The maximum atomic E-state index is 13.6. The smallest absolute Gasteiger partial charge is 0.251 e. The van der Waals surface area contributed by atoms with Crippen LogP contribution in [0.15, 0.2) is 33.5 Å². The number of H-pyrrole nitrogens is 1. The van der Waals surface area contributed by atoms with Crippen molar-refractivity contribution in [2.75, 3.05) is 0 Å². The van der Waals surface area contributed by atoms with Crippen molar-refractivity contribution in [2.24, 2.45) is 0 Å². The van der Waals surface area contributed by atoms with E-state index < -0.39 is 5.82 Å². The van der Waals surface area contributed by atoms with Crippen LogP contribution in [0, 0.1) is 5.82 Å². The molecule has 0 radical (unpaired) electrons. The highest BCUT2D eigenvalue weighted by molar-refractivity contribution is 5.73. The number of nitrogens with one attached hydrogen (secondary N) is 1. The molecule has 0 aliphatic rings. The van der Waals surface area contributed by atoms with Crippen molar-refractivity contribution in [3.63, 3.8) is 0 Å². The number of benzene rings is 1. The molecular weight excluding hydrogens is 299 g/mol. The van der Waals surface area contributed by atoms with Crippen molar-refractivity contribution < 1.29 is 13.9 Å². The van der Waals surface area contributed by atoms with E-state index in [1.54, 1.807) is 18.2 Å². The van der Waals surface area contributed by atoms with E-state index in [1.165, 1.54) is 6.07 Å². The Kier molecular flexibility index (Phi) is 4.25. The van der Waals surface area contributed by atoms with Gasteiger partial charge in [-0.1, -0.05) is 13.0 Å². The molecule has 0 aliphatic heterocycles. The second-order valence-corrected chi connectivity index (χ2v) is 5.33. The van der Waals surface area contributed by atoms with Gasteiger partial charge in [0.2, 0.25) is 0 Å². The number of aliphatic hydroxyl groups excluding tert-OH is 1. The van der Waals surface area contributed by atoms with Crippen LogP contribution in [0.4, 0.5) is 4.39 Å². The van der Waals surface area contributed by atoms with Gasteiger partial charge in [-0.15, -0.1) is 0 Å². The number of pyridine rings is 1. The molecule has 0 spiro atoms. The minimum atomic E-state index is -0.420. The molecule has 2 N–H and O–H groups in total. The van der Waals surface area contributed by atoms with Gasteiger partial charge in [0.1, 0.15) is 5.52 Å². The molecule has 2 aromatic heterocycles. The summed E-state index contributed by atoms with van der Waals surface area (Å²) in [5.41, 5.74) is 2.44. The SMILES string of the molecule is CCc1cc(CCc2nc3c(F)cccc3o2)c(=O)[nH]c1CO. The van der Waals surface area contributed by atoms with Gasteiger partial charge in [-0.25, -0.2) is 9.37 Å². The number of fused-ring (bicyclic) bond motifs is 1. The van der Waals surface area contributed by atoms with Crippen LogP contribution in [0.1, 0.15) is 29.6 Å². The first-order valence-corrected chi connectivity index (χ1v) is 7.51. The van der Waals surface area contributed by atoms with E-state index in [-0.39, 0.29) is 17.7 Å². The molecule has 0 atom stereocenters. The van der Waals surface area contributed by atoms with E-state index in [0.717, 1.165) is 5.56 Å². The van der Waals surface area contributed by atoms with Gasteiger partial charge in [-0.2, -0.15) is 0 Å². The third kappa shape index (κ3) is 3.03. The van der Waals surface area contributed by atoms with E-state index in [4.69, 9.17) is 4.42 Å². The Morgan fingerprint density at radius 2 is 2.13 bits per heavy atom. The van der Waals surface area contributed by atoms with Crippen molar-refractivity contribution in [1.29, 1.82) is 0 Å². The topological polar surface area (TPSA) is 79.1 Å². The molecule has 0 saturated carbocycles. The number of aliphatic hydroxyl groups is 1. The molecule has 1 aromatic carbocycles. The third-order valence-corrected chi connectivity index (χ3v) is 3.85. The first kappa shape index (κ1) is 15.4. The Morgan fingerprint density at radius 3 is 2.83 bits per heavy atom. The van der Waals surface area contributed by atoms with Gasteiger partial charge in [0.15, 0.2) is 17.3 Å². The zero-order valence-corrected chi connectivity index (χ0v) is 12.7. The van der Waals surface area contributed by atoms with Crippen LogP contribution in [0.5, 0.6) is 0 Å². The van der Waals surface area contributed by atoms with Crippen LogP contribution in [0.25, 0.3) is 11.1 Å². The summed E-state index contributed by atoms with van der Waals surface area (Å²) in [7, 11) is 0. The fraction of sp³-hybridized carbons (Fsp3) is 0.294. The Balaban J connectivity index is 1.84. The Bertz CT molecular complexity index is 898. The minimum absolute atomic E-state index is 0.191. The quantitative estimate of drug-likeness (QED) is 0.758. The van der Waals surface area contributed by atoms with Crippen LogP contribution in [-0.2, 0) is 25.9 Å². The standard InChI is InChI=1S/C17H17FN2O3/c1-2-10-8-11(17(22)19-13(10)9-21)6-7-15-20-16-12(18)4-3-5-14(16)23-15/h3-5,8,21H,2,6-7,9H2,1H3,(H,19,22). The molecule has 0 fully saturated rings. The van der Waals surface area contributed by atoms with Crippen LogP contribution in [0.3, 0.4) is 0 Å². The molecule has 0 unspecified atom stereocenters. The number of hydrogen-bond acceptors (Lipinski definition) is 4. The number of aryl methyl sites for hydroxylation is 3. The molecule has 0 saturated heterocycles. The van der Waals surface area contributed by atoms with E-state index in [0.29, 0.717) is 42.0 Å². The van der Waals surface area contributed by atoms with Gasteiger partial charge < -0.3 is 14.5 Å². The van der Waals surface area contributed by atoms with Gasteiger partial charge in [-0.05, 0) is 36.6 Å². The van der Waals surface area contributed by atoms with Crippen LogP contribution in [0.2, 0.25) is 0 Å². The largest absolute Gasteiger partial charge is 0.441 e. The molecule has 2 heterocycles. The minimum Gasteiger partial charge on any atom is -0.441 e. The lowest BCUT2D eigenvalue weighted by Gasteiger charge is -2.07. The average Bonchev–Trinajstić information content (AvgIpc) is 2.98. The number of aromatic amines is 1. The van der Waals surface area contributed by atoms with Gasteiger partial charge >= 0.3 is 0 Å². The second kappa shape index (κ2) is 6.34. The summed E-state index contributed by atoms with van der Waals surface area (Å²) in [6.45, 7) is 1.77. The molecule has 0 amide bonds. The molecule has 6 heteroatoms. The summed E-state index contributed by atoms with van der Waals surface area (Å²) in [5.74, 6) is -0.0234. The maximum Gasteiger partial charge on any atom is 0.251 e. The van der Waals surface area contributed by atoms with Gasteiger partial charge in [-0.3, -0.25) is 4.79 Å². The average molecular weight is 316 g/mol. The predicted octanol–water partition coefficient (Wildman–Crippen LogP) is 2.50. The zero-order chi connectivity index (χ0) is 16.4. The summed E-state index contributed by atoms with van der Waals surface area (Å²) < 4.78 is 19.1. The van der Waals surface area contributed by atoms with Gasteiger partial charge in [0.25, 0.3) is 5.56 Å². The Labute approximate surface area is 131 Å². The fourth-order valence-electron chi connectivity index (χ4n) is 2.61. The molecule has 23 heavy (non-hydrogen) atoms. The van der Waals surface area contributed by atoms with Gasteiger partial charge in [0.05, 0.1) is 6.61 Å². The number of hydrogen-bond donors (Lipinski definition) is 2. The number of oxazole rings is 1. The van der Waals surface area contributed by atoms with Crippen molar-refractivity contribution >= 4 is 11.1 Å². The summed E-state index contributed by atoms with van der Waals surface area (Å²) in [6, 6.07) is 6.36. The van der Waals surface area contributed by atoms with E-state index in [2.05, 4.69) is 9.97 Å². The lowest BCUT2D eigenvalue weighted by Crippen LogP contribution is -2.17. The third-order valence-electron chi connectivity index (χ3n) is 3.85. The van der Waals surface area contributed by atoms with E-state index in [1.807, 2.05) is 6.92 Å². The zero-order valence-electron chi connectivity index (χ0n) is 12.7. The first-order valence-electron chi connectivity index (χ1n) is 7.51. The number of nitrogens with zero attached hydrogens (tertiary/aromatic N) is 1. The van der Waals surface area contributed by atoms with Crippen LogP contribution in [-0.4, -0.2) is 15.1 Å². The predicted molar refractivity (Wildman–Crippen MR) is 83.7 cm³/mol. The lowest BCUT2D eigenvalue weighted by atomic mass is 10.1. The molecule has 0 aliphatic carbocycles. The first-order chi connectivity index (χ1) is 11.1. The molecule has 5 nitrogen and oxygen atoms in total. The van der Waals surface area contributed by atoms with Crippen LogP contribution < -0.4 is 5.56 Å². The van der Waals surface area contributed by atoms with Crippen LogP contribution >= 0.6 is 0 Å². The molecular formula is C17H17FN2O3. The number of aromatic nitrogens is 2. The normalized spacial score (nSPS) is 11.3. The Hall–Kier alpha value is -2.47. The van der Waals surface area contributed by atoms with E-state index in [9.17, 15) is 14.3 Å². The number of para-hydroxylation sites is 1. The summed E-state index contributed by atoms with van der Waals surface area (Å²) in [5, 5.41) is 9.25. The highest BCUT2D eigenvalue weighted by Gasteiger charge is 2.12. The van der Waals surface area contributed by atoms with Crippen molar-refractivity contribution in [3.05, 3.63) is 63.1 Å². The molecule has 0 bridgehead atoms. The molecule has 120 valence electrons. The summed E-state index contributed by atoms with van der Waals surface area (Å²) in [6.07, 6.45) is 1.55. The number of rotatable bonds is 5. The fourth-order valence-corrected chi connectivity index (χ4v) is 2.61. The highest BCUT2D eigenvalue weighted by atomic mass is 19.1. The highest BCUT2D eigenvalue weighted by Crippen LogP contribution is 2.19. The van der Waals surface area contributed by atoms with Crippen molar-refractivity contribution in [2.45, 2.75) is 32.8 Å². The maximum absolute atomic E-state index is 13.6. The van der Waals surface area contributed by atoms with E-state index >= 15 is 0 Å². The second-order valence-electron chi connectivity index (χ2n) is 5.33. The molecule has 3 aromatic rings. The molecule has 3 rings (SSSR count). The monoisotopic (exact) mass is 316 g/mol. The van der Waals surface area contributed by atoms with Crippen molar-refractivity contribution in [1.82, 2.24) is 9.97 Å². The van der Waals surface area contributed by atoms with Gasteiger partial charge in [0, 0.05) is 17.7 Å². The Morgan fingerprint density at radius 1 is 1.30 bits per heavy atom. The lowest BCUT2D eigenvalue weighted by molar-refractivity contribution is 0.275. The summed E-state index contributed by atoms with van der Waals surface area (Å²) in [4.78, 5) is 18.9. The van der Waals surface area contributed by atoms with Crippen molar-refractivity contribution in [3.8, 4) is 0 Å². The summed E-state index contributed by atoms with van der Waals surface area (Å²) >= 11 is 0.